The highest BCUT2D eigenvalue weighted by atomic mass is 35.5. The topological polar surface area (TPSA) is 49.8 Å². The Morgan fingerprint density at radius 3 is 2.41 bits per heavy atom. The van der Waals surface area contributed by atoms with Gasteiger partial charge in [0.15, 0.2) is 0 Å². The van der Waals surface area contributed by atoms with E-state index in [1.807, 2.05) is 47.2 Å². The highest BCUT2D eigenvalue weighted by molar-refractivity contribution is 7.12. The van der Waals surface area contributed by atoms with Gasteiger partial charge in [0.25, 0.3) is 0 Å². The molecule has 4 atom stereocenters. The van der Waals surface area contributed by atoms with Crippen molar-refractivity contribution in [3.8, 4) is 0 Å². The number of benzene rings is 1. The van der Waals surface area contributed by atoms with Crippen LogP contribution in [0.5, 0.6) is 0 Å². The molecule has 0 aliphatic heterocycles. The summed E-state index contributed by atoms with van der Waals surface area (Å²) in [6.45, 7) is 1.01. The van der Waals surface area contributed by atoms with Crippen molar-refractivity contribution >= 4 is 40.2 Å². The molecule has 2 aliphatic carbocycles. The molecule has 4 unspecified atom stereocenters. The summed E-state index contributed by atoms with van der Waals surface area (Å²) in [5, 5.41) is 16.1. The van der Waals surface area contributed by atoms with E-state index in [2.05, 4.69) is 24.1 Å². The van der Waals surface area contributed by atoms with Crippen molar-refractivity contribution in [2.45, 2.75) is 49.9 Å². The minimum atomic E-state index is -1.73. The lowest BCUT2D eigenvalue weighted by Crippen LogP contribution is -2.42. The Morgan fingerprint density at radius 2 is 1.79 bits per heavy atom. The Balaban J connectivity index is 1.23. The summed E-state index contributed by atoms with van der Waals surface area (Å²) >= 11 is 8.77. The van der Waals surface area contributed by atoms with Gasteiger partial charge < -0.3 is 14.7 Å². The number of rotatable bonds is 9. The molecule has 34 heavy (non-hydrogen) atoms. The second-order valence-corrected chi connectivity index (χ2v) is 11.9. The molecule has 0 saturated heterocycles. The van der Waals surface area contributed by atoms with Crippen molar-refractivity contribution in [3.63, 3.8) is 0 Å². The maximum Gasteiger partial charge on any atom is 0.349 e. The summed E-state index contributed by atoms with van der Waals surface area (Å²) in [7, 11) is 2.19. The maximum atomic E-state index is 13.5. The van der Waals surface area contributed by atoms with Crippen molar-refractivity contribution in [1.82, 2.24) is 4.90 Å². The Kier molecular flexibility index (Phi) is 7.14. The molecule has 5 rings (SSSR count). The second kappa shape index (κ2) is 10.1. The van der Waals surface area contributed by atoms with E-state index in [4.69, 9.17) is 16.3 Å². The van der Waals surface area contributed by atoms with Crippen LogP contribution in [-0.2, 0) is 21.6 Å². The summed E-state index contributed by atoms with van der Waals surface area (Å²) in [5.41, 5.74) is -0.427. The van der Waals surface area contributed by atoms with E-state index in [9.17, 15) is 9.90 Å². The smallest absolute Gasteiger partial charge is 0.349 e. The molecule has 2 saturated carbocycles. The number of carbonyl (C=O) groups excluding carboxylic acids is 1. The number of aliphatic hydroxyl groups is 1. The number of hydrogen-bond acceptors (Lipinski definition) is 6. The first-order chi connectivity index (χ1) is 16.5. The predicted molar refractivity (Wildman–Crippen MR) is 139 cm³/mol. The van der Waals surface area contributed by atoms with Gasteiger partial charge in [-0.2, -0.15) is 0 Å². The summed E-state index contributed by atoms with van der Waals surface area (Å²) in [6, 6.07) is 15.8. The molecule has 2 fully saturated rings. The maximum absolute atomic E-state index is 13.5. The average Bonchev–Trinajstić information content (AvgIpc) is 3.65. The van der Waals surface area contributed by atoms with Gasteiger partial charge in [-0.25, -0.2) is 4.79 Å². The standard InChI is InChI=1S/C27H30ClNO3S2/c1-29(14-2-5-18-8-11-20(28)12-9-18)22-17-19-10-13-21(22)25(19)32-26(30)27(31,23-6-3-15-33-23)24-7-4-16-34-24/h3-4,6-9,11-12,15-16,19,21-22,25,31H,2,5,10,13-14,17H2,1H3. The average molecular weight is 516 g/mol. The highest BCUT2D eigenvalue weighted by Crippen LogP contribution is 2.49. The van der Waals surface area contributed by atoms with Crippen LogP contribution >= 0.6 is 34.3 Å². The monoisotopic (exact) mass is 515 g/mol. The SMILES string of the molecule is CN(CCCc1ccc(Cl)cc1)C1CC2CCC1C2OC(=O)C(O)(c1cccs1)c1cccs1. The summed E-state index contributed by atoms with van der Waals surface area (Å²) < 4.78 is 6.16. The number of carbonyl (C=O) groups is 1. The number of ether oxygens (including phenoxy) is 1. The molecule has 0 radical (unpaired) electrons. The predicted octanol–water partition coefficient (Wildman–Crippen LogP) is 5.97. The van der Waals surface area contributed by atoms with Crippen LogP contribution in [0.3, 0.4) is 0 Å². The van der Waals surface area contributed by atoms with Crippen molar-refractivity contribution in [3.05, 3.63) is 79.6 Å². The van der Waals surface area contributed by atoms with Gasteiger partial charge in [0.1, 0.15) is 6.10 Å². The first kappa shape index (κ1) is 24.0. The lowest BCUT2D eigenvalue weighted by atomic mass is 9.94. The normalized spacial score (nSPS) is 24.1. The molecule has 7 heteroatoms. The van der Waals surface area contributed by atoms with Crippen LogP contribution in [-0.4, -0.2) is 41.7 Å². The molecule has 4 nitrogen and oxygen atoms in total. The van der Waals surface area contributed by atoms with Gasteiger partial charge in [0.2, 0.25) is 5.60 Å². The number of aryl methyl sites for hydroxylation is 1. The Hall–Kier alpha value is -1.70. The van der Waals surface area contributed by atoms with Crippen molar-refractivity contribution in [2.24, 2.45) is 11.8 Å². The number of fused-ring (bicyclic) bond motifs is 2. The van der Waals surface area contributed by atoms with E-state index >= 15 is 0 Å². The number of hydrogen-bond donors (Lipinski definition) is 1. The third-order valence-electron chi connectivity index (χ3n) is 7.55. The largest absolute Gasteiger partial charge is 0.459 e. The fourth-order valence-corrected chi connectivity index (χ4v) is 7.61. The minimum Gasteiger partial charge on any atom is -0.459 e. The molecular formula is C27H30ClNO3S2. The lowest BCUT2D eigenvalue weighted by molar-refractivity contribution is -0.170. The molecule has 180 valence electrons. The third-order valence-corrected chi connectivity index (χ3v) is 9.75. The van der Waals surface area contributed by atoms with E-state index in [0.717, 1.165) is 43.7 Å². The number of halogens is 1. The number of esters is 1. The van der Waals surface area contributed by atoms with Gasteiger partial charge >= 0.3 is 5.97 Å². The molecule has 3 aromatic rings. The van der Waals surface area contributed by atoms with Gasteiger partial charge in [-0.15, -0.1) is 22.7 Å². The fourth-order valence-electron chi connectivity index (χ4n) is 5.77. The van der Waals surface area contributed by atoms with Crippen LogP contribution in [0.15, 0.2) is 59.3 Å². The quantitative estimate of drug-likeness (QED) is 0.356. The Labute approximate surface area is 214 Å². The first-order valence-electron chi connectivity index (χ1n) is 11.9. The van der Waals surface area contributed by atoms with Crippen LogP contribution in [0.25, 0.3) is 0 Å². The summed E-state index contributed by atoms with van der Waals surface area (Å²) in [4.78, 5) is 17.2. The van der Waals surface area contributed by atoms with Crippen LogP contribution in [0.2, 0.25) is 5.02 Å². The fraction of sp³-hybridized carbons (Fsp3) is 0.444. The molecule has 0 spiro atoms. The van der Waals surface area contributed by atoms with Gasteiger partial charge in [0, 0.05) is 17.0 Å². The van der Waals surface area contributed by atoms with Gasteiger partial charge in [0.05, 0.1) is 9.75 Å². The van der Waals surface area contributed by atoms with E-state index in [0.29, 0.717) is 27.6 Å². The zero-order valence-electron chi connectivity index (χ0n) is 19.2. The van der Waals surface area contributed by atoms with E-state index in [1.165, 1.54) is 28.2 Å². The molecule has 1 aromatic carbocycles. The van der Waals surface area contributed by atoms with Gasteiger partial charge in [-0.3, -0.25) is 0 Å². The van der Waals surface area contributed by atoms with E-state index < -0.39 is 11.6 Å². The summed E-state index contributed by atoms with van der Waals surface area (Å²) in [5.74, 6) is 0.157. The van der Waals surface area contributed by atoms with Crippen molar-refractivity contribution in [2.75, 3.05) is 13.6 Å². The van der Waals surface area contributed by atoms with Crippen LogP contribution < -0.4 is 0 Å². The van der Waals surface area contributed by atoms with Crippen molar-refractivity contribution < 1.29 is 14.6 Å². The molecule has 0 amide bonds. The molecular weight excluding hydrogens is 486 g/mol. The first-order valence-corrected chi connectivity index (χ1v) is 14.1. The van der Waals surface area contributed by atoms with Gasteiger partial charge in [-0.05, 0) is 92.2 Å². The Bertz CT molecular complexity index is 1050. The number of nitrogens with zero attached hydrogens (tertiary/aromatic N) is 1. The minimum absolute atomic E-state index is 0.123. The van der Waals surface area contributed by atoms with Crippen LogP contribution in [0, 0.1) is 11.8 Å². The van der Waals surface area contributed by atoms with Gasteiger partial charge in [-0.1, -0.05) is 35.9 Å². The lowest BCUT2D eigenvalue weighted by Gasteiger charge is -2.32. The third kappa shape index (κ3) is 4.59. The number of thiophene rings is 2. The molecule has 2 aliphatic rings. The molecule has 2 aromatic heterocycles. The summed E-state index contributed by atoms with van der Waals surface area (Å²) in [6.07, 6.45) is 5.20. The molecule has 2 bridgehead atoms. The zero-order valence-corrected chi connectivity index (χ0v) is 21.6. The molecule has 2 heterocycles. The second-order valence-electron chi connectivity index (χ2n) is 9.55. The van der Waals surface area contributed by atoms with Crippen LogP contribution in [0.4, 0.5) is 0 Å². The highest BCUT2D eigenvalue weighted by Gasteiger charge is 2.54. The van der Waals surface area contributed by atoms with E-state index in [-0.39, 0.29) is 6.10 Å². The molecule has 1 N–H and O–H groups in total. The van der Waals surface area contributed by atoms with Crippen LogP contribution in [0.1, 0.15) is 41.0 Å². The van der Waals surface area contributed by atoms with Crippen molar-refractivity contribution in [1.29, 1.82) is 0 Å². The zero-order chi connectivity index (χ0) is 23.7. The Morgan fingerprint density at radius 1 is 1.12 bits per heavy atom. The van der Waals surface area contributed by atoms with E-state index in [1.54, 1.807) is 0 Å².